The summed E-state index contributed by atoms with van der Waals surface area (Å²) in [6.07, 6.45) is 2.94. The molecule has 190 valence electrons. The summed E-state index contributed by atoms with van der Waals surface area (Å²) < 4.78 is 31.8. The molecule has 3 saturated heterocycles. The van der Waals surface area contributed by atoms with E-state index < -0.39 is 14.1 Å². The summed E-state index contributed by atoms with van der Waals surface area (Å²) in [7, 11) is -2.63. The van der Waals surface area contributed by atoms with E-state index in [1.807, 2.05) is 13.8 Å². The molecular weight excluding hydrogens is 456 g/mol. The summed E-state index contributed by atoms with van der Waals surface area (Å²) in [5, 5.41) is 2.51. The Balaban J connectivity index is 1.39. The van der Waals surface area contributed by atoms with Gasteiger partial charge in [0.15, 0.2) is 5.79 Å². The maximum absolute atomic E-state index is 7.21. The predicted molar refractivity (Wildman–Crippen MR) is 140 cm³/mol. The number of rotatable bonds is 7. The third-order valence-corrected chi connectivity index (χ3v) is 12.8. The van der Waals surface area contributed by atoms with E-state index in [-0.39, 0.29) is 29.0 Å². The average molecular weight is 497 g/mol. The molecule has 5 rings (SSSR count). The Morgan fingerprint density at radius 3 is 2.00 bits per heavy atom. The molecule has 2 aromatic carbocycles. The Labute approximate surface area is 211 Å². The smallest absolute Gasteiger partial charge is 0.261 e. The van der Waals surface area contributed by atoms with E-state index in [0.717, 1.165) is 25.9 Å². The topological polar surface area (TPSA) is 49.5 Å². The Kier molecular flexibility index (Phi) is 6.75. The van der Waals surface area contributed by atoms with Crippen LogP contribution in [0.15, 0.2) is 60.7 Å². The molecule has 3 unspecified atom stereocenters. The third kappa shape index (κ3) is 5.02. The van der Waals surface area contributed by atoms with E-state index in [9.17, 15) is 0 Å². The van der Waals surface area contributed by atoms with Crippen LogP contribution in [0, 0.1) is 0 Å². The van der Waals surface area contributed by atoms with Crippen LogP contribution in [0.3, 0.4) is 0 Å². The van der Waals surface area contributed by atoms with Crippen LogP contribution in [0.2, 0.25) is 5.04 Å². The Bertz CT molecular complexity index is 944. The highest BCUT2D eigenvalue weighted by Gasteiger charge is 2.58. The van der Waals surface area contributed by atoms with E-state index in [2.05, 4.69) is 81.4 Å². The van der Waals surface area contributed by atoms with Gasteiger partial charge < -0.3 is 23.4 Å². The monoisotopic (exact) mass is 496 g/mol. The summed E-state index contributed by atoms with van der Waals surface area (Å²) in [6, 6.07) is 21.6. The molecule has 35 heavy (non-hydrogen) atoms. The molecule has 0 N–H and O–H groups in total. The fourth-order valence-corrected chi connectivity index (χ4v) is 10.5. The number of epoxide rings is 1. The van der Waals surface area contributed by atoms with Gasteiger partial charge in [-0.25, -0.2) is 0 Å². The zero-order chi connectivity index (χ0) is 24.7. The second-order valence-corrected chi connectivity index (χ2v) is 16.1. The highest BCUT2D eigenvalue weighted by atomic mass is 28.4. The number of benzene rings is 2. The van der Waals surface area contributed by atoms with Crippen molar-refractivity contribution in [2.75, 3.05) is 19.8 Å². The molecule has 0 bridgehead atoms. The fraction of sp³-hybridized carbons (Fsp3) is 0.586. The molecule has 1 spiro atoms. The van der Waals surface area contributed by atoms with Gasteiger partial charge in [-0.2, -0.15) is 0 Å². The van der Waals surface area contributed by atoms with Gasteiger partial charge in [-0.3, -0.25) is 0 Å². The summed E-state index contributed by atoms with van der Waals surface area (Å²) in [5.74, 6) is -0.508. The summed E-state index contributed by atoms with van der Waals surface area (Å²) in [5.41, 5.74) is -0.200. The van der Waals surface area contributed by atoms with Crippen molar-refractivity contribution in [1.82, 2.24) is 0 Å². The fourth-order valence-electron chi connectivity index (χ4n) is 5.91. The quantitative estimate of drug-likeness (QED) is 0.420. The largest absolute Gasteiger partial charge is 0.405 e. The van der Waals surface area contributed by atoms with Crippen molar-refractivity contribution in [3.05, 3.63) is 60.7 Å². The lowest BCUT2D eigenvalue weighted by molar-refractivity contribution is -0.153. The first-order chi connectivity index (χ1) is 16.6. The number of hydrogen-bond donors (Lipinski definition) is 0. The molecule has 5 nitrogen and oxygen atoms in total. The minimum atomic E-state index is -2.63. The van der Waals surface area contributed by atoms with Crippen molar-refractivity contribution in [2.24, 2.45) is 0 Å². The Hall–Kier alpha value is -1.54. The molecule has 6 heteroatoms. The standard InChI is InChI=1S/C29H40O5Si/c1-27(2,3)35(24-12-8-6-9-13-24,25-14-10-7-11-15-25)32-20-26-29(21-31-29)17-16-22(33-26)18-23-19-30-28(4,5)34-23/h6-15,22-23,26H,16-21H2,1-5H3/t22?,23-,26?,29?/m1/s1. The first kappa shape index (κ1) is 25.1. The van der Waals surface area contributed by atoms with Crippen LogP contribution < -0.4 is 10.4 Å². The first-order valence-electron chi connectivity index (χ1n) is 13.0. The second-order valence-electron chi connectivity index (χ2n) is 11.8. The molecule has 2 aromatic rings. The molecule has 0 aliphatic carbocycles. The van der Waals surface area contributed by atoms with Crippen LogP contribution in [0.1, 0.15) is 53.9 Å². The van der Waals surface area contributed by atoms with E-state index in [1.165, 1.54) is 10.4 Å². The molecule has 3 aliphatic rings. The molecule has 3 heterocycles. The second kappa shape index (κ2) is 9.40. The van der Waals surface area contributed by atoms with Gasteiger partial charge in [0, 0.05) is 6.42 Å². The number of hydrogen-bond acceptors (Lipinski definition) is 5. The molecule has 4 atom stereocenters. The highest BCUT2D eigenvalue weighted by molar-refractivity contribution is 6.99. The van der Waals surface area contributed by atoms with Gasteiger partial charge in [0.1, 0.15) is 11.7 Å². The third-order valence-electron chi connectivity index (χ3n) is 7.81. The normalized spacial score (nSPS) is 30.5. The van der Waals surface area contributed by atoms with E-state index >= 15 is 0 Å². The zero-order valence-electron chi connectivity index (χ0n) is 21.8. The average Bonchev–Trinajstić information content (AvgIpc) is 3.52. The highest BCUT2D eigenvalue weighted by Crippen LogP contribution is 2.45. The van der Waals surface area contributed by atoms with Crippen LogP contribution in [0.4, 0.5) is 0 Å². The van der Waals surface area contributed by atoms with E-state index in [1.54, 1.807) is 0 Å². The zero-order valence-corrected chi connectivity index (χ0v) is 22.8. The van der Waals surface area contributed by atoms with Gasteiger partial charge in [0.05, 0.1) is 32.0 Å². The minimum Gasteiger partial charge on any atom is -0.405 e. The summed E-state index contributed by atoms with van der Waals surface area (Å²) >= 11 is 0. The lowest BCUT2D eigenvalue weighted by Crippen LogP contribution is -2.67. The van der Waals surface area contributed by atoms with Crippen LogP contribution in [-0.2, 0) is 23.4 Å². The van der Waals surface area contributed by atoms with Crippen LogP contribution in [0.5, 0.6) is 0 Å². The van der Waals surface area contributed by atoms with Crippen LogP contribution in [0.25, 0.3) is 0 Å². The van der Waals surface area contributed by atoms with E-state index in [4.69, 9.17) is 23.4 Å². The maximum Gasteiger partial charge on any atom is 0.261 e. The van der Waals surface area contributed by atoms with E-state index in [0.29, 0.717) is 13.2 Å². The summed E-state index contributed by atoms with van der Waals surface area (Å²) in [6.45, 7) is 12.8. The SMILES string of the molecule is CC1(C)OC[C@@H](CC2CCC3(CO3)C(CO[Si](c3ccccc3)(c3ccccc3)C(C)(C)C)O2)O1. The van der Waals surface area contributed by atoms with Gasteiger partial charge in [-0.05, 0) is 42.1 Å². The molecule has 0 saturated carbocycles. The van der Waals surface area contributed by atoms with Crippen molar-refractivity contribution in [3.63, 3.8) is 0 Å². The van der Waals surface area contributed by atoms with Gasteiger partial charge >= 0.3 is 0 Å². The molecule has 0 radical (unpaired) electrons. The lowest BCUT2D eigenvalue weighted by atomic mass is 9.90. The maximum atomic E-state index is 7.21. The molecule has 3 fully saturated rings. The molecule has 0 amide bonds. The lowest BCUT2D eigenvalue weighted by Gasteiger charge is -2.45. The predicted octanol–water partition coefficient (Wildman–Crippen LogP) is 4.42. The minimum absolute atomic E-state index is 0.0675. The van der Waals surface area contributed by atoms with Crippen LogP contribution >= 0.6 is 0 Å². The molecular formula is C29H40O5Si. The van der Waals surface area contributed by atoms with Crippen LogP contribution in [-0.4, -0.2) is 57.8 Å². The Morgan fingerprint density at radius 1 is 0.914 bits per heavy atom. The summed E-state index contributed by atoms with van der Waals surface area (Å²) in [4.78, 5) is 0. The first-order valence-corrected chi connectivity index (χ1v) is 14.9. The van der Waals surface area contributed by atoms with Crippen molar-refractivity contribution in [3.8, 4) is 0 Å². The van der Waals surface area contributed by atoms with Gasteiger partial charge in [-0.15, -0.1) is 0 Å². The van der Waals surface area contributed by atoms with Gasteiger partial charge in [-0.1, -0.05) is 81.4 Å². The van der Waals surface area contributed by atoms with Crippen molar-refractivity contribution >= 4 is 18.7 Å². The van der Waals surface area contributed by atoms with Gasteiger partial charge in [0.25, 0.3) is 8.32 Å². The van der Waals surface area contributed by atoms with Crippen molar-refractivity contribution < 1.29 is 23.4 Å². The molecule has 0 aromatic heterocycles. The van der Waals surface area contributed by atoms with Gasteiger partial charge in [0.2, 0.25) is 0 Å². The van der Waals surface area contributed by atoms with Crippen molar-refractivity contribution in [1.29, 1.82) is 0 Å². The molecule has 3 aliphatic heterocycles. The Morgan fingerprint density at radius 2 is 1.51 bits per heavy atom. The number of ether oxygens (including phenoxy) is 4. The van der Waals surface area contributed by atoms with Crippen molar-refractivity contribution in [2.45, 2.75) is 88.6 Å².